The van der Waals surface area contributed by atoms with Gasteiger partial charge in [0.1, 0.15) is 5.60 Å². The van der Waals surface area contributed by atoms with E-state index >= 15 is 0 Å². The van der Waals surface area contributed by atoms with Crippen LogP contribution in [0.15, 0.2) is 0 Å². The van der Waals surface area contributed by atoms with Crippen LogP contribution in [-0.4, -0.2) is 53.7 Å². The van der Waals surface area contributed by atoms with Gasteiger partial charge < -0.3 is 9.64 Å². The second-order valence-electron chi connectivity index (χ2n) is 7.06. The van der Waals surface area contributed by atoms with Crippen LogP contribution in [0.5, 0.6) is 0 Å². The van der Waals surface area contributed by atoms with Gasteiger partial charge >= 0.3 is 6.09 Å². The molecule has 4 nitrogen and oxygen atoms in total. The Balaban J connectivity index is 2.38. The van der Waals surface area contributed by atoms with Crippen molar-refractivity contribution >= 4 is 6.09 Å². The van der Waals surface area contributed by atoms with E-state index in [9.17, 15) is 4.79 Å². The SMILES string of the molecule is CCCCCC(CC)N1CCN(C(=O)OC(C)(C)C)CC1. The smallest absolute Gasteiger partial charge is 0.410 e. The monoisotopic (exact) mass is 298 g/mol. The van der Waals surface area contributed by atoms with Gasteiger partial charge in [0, 0.05) is 32.2 Å². The van der Waals surface area contributed by atoms with Crippen molar-refractivity contribution in [3.8, 4) is 0 Å². The summed E-state index contributed by atoms with van der Waals surface area (Å²) in [6.07, 6.45) is 6.26. The van der Waals surface area contributed by atoms with Crippen molar-refractivity contribution in [1.29, 1.82) is 0 Å². The quantitative estimate of drug-likeness (QED) is 0.697. The topological polar surface area (TPSA) is 32.8 Å². The van der Waals surface area contributed by atoms with E-state index in [1.54, 1.807) is 0 Å². The molecular formula is C17H34N2O2. The summed E-state index contributed by atoms with van der Waals surface area (Å²) in [7, 11) is 0. The zero-order chi connectivity index (χ0) is 15.9. The number of carbonyl (C=O) groups is 1. The fraction of sp³-hybridized carbons (Fsp3) is 0.941. The molecule has 0 radical (unpaired) electrons. The Bertz CT molecular complexity index is 304. The van der Waals surface area contributed by atoms with Crippen molar-refractivity contribution < 1.29 is 9.53 Å². The van der Waals surface area contributed by atoms with Crippen LogP contribution in [0.25, 0.3) is 0 Å². The van der Waals surface area contributed by atoms with Crippen molar-refractivity contribution in [2.75, 3.05) is 26.2 Å². The molecule has 1 saturated heterocycles. The Morgan fingerprint density at radius 3 is 2.19 bits per heavy atom. The van der Waals surface area contributed by atoms with Crippen LogP contribution in [-0.2, 0) is 4.74 Å². The van der Waals surface area contributed by atoms with Gasteiger partial charge in [0.15, 0.2) is 0 Å². The van der Waals surface area contributed by atoms with Crippen LogP contribution in [0.4, 0.5) is 4.79 Å². The molecule has 0 aromatic rings. The lowest BCUT2D eigenvalue weighted by atomic mass is 10.0. The molecule has 21 heavy (non-hydrogen) atoms. The van der Waals surface area contributed by atoms with E-state index < -0.39 is 5.60 Å². The van der Waals surface area contributed by atoms with Gasteiger partial charge in [-0.1, -0.05) is 33.1 Å². The highest BCUT2D eigenvalue weighted by atomic mass is 16.6. The van der Waals surface area contributed by atoms with Crippen LogP contribution in [0.3, 0.4) is 0 Å². The minimum atomic E-state index is -0.402. The summed E-state index contributed by atoms with van der Waals surface area (Å²) in [5.74, 6) is 0. The first-order valence-corrected chi connectivity index (χ1v) is 8.59. The molecule has 1 unspecified atom stereocenters. The highest BCUT2D eigenvalue weighted by Crippen LogP contribution is 2.17. The summed E-state index contributed by atoms with van der Waals surface area (Å²) < 4.78 is 5.45. The number of amides is 1. The number of hydrogen-bond acceptors (Lipinski definition) is 3. The number of unbranched alkanes of at least 4 members (excludes halogenated alkanes) is 2. The Kier molecular flexibility index (Phi) is 7.50. The molecule has 1 amide bonds. The molecule has 0 saturated carbocycles. The lowest BCUT2D eigenvalue weighted by Gasteiger charge is -2.39. The van der Waals surface area contributed by atoms with Gasteiger partial charge in [0.2, 0.25) is 0 Å². The zero-order valence-electron chi connectivity index (χ0n) is 14.7. The summed E-state index contributed by atoms with van der Waals surface area (Å²) in [5, 5.41) is 0. The van der Waals surface area contributed by atoms with Crippen molar-refractivity contribution in [2.45, 2.75) is 78.4 Å². The Hall–Kier alpha value is -0.770. The van der Waals surface area contributed by atoms with Gasteiger partial charge in [0.05, 0.1) is 0 Å². The van der Waals surface area contributed by atoms with Gasteiger partial charge in [-0.25, -0.2) is 4.79 Å². The summed E-state index contributed by atoms with van der Waals surface area (Å²) in [6.45, 7) is 13.8. The van der Waals surface area contributed by atoms with E-state index in [-0.39, 0.29) is 6.09 Å². The average Bonchev–Trinajstić information content (AvgIpc) is 2.42. The van der Waals surface area contributed by atoms with Crippen molar-refractivity contribution in [3.63, 3.8) is 0 Å². The van der Waals surface area contributed by atoms with Gasteiger partial charge in [-0.2, -0.15) is 0 Å². The highest BCUT2D eigenvalue weighted by molar-refractivity contribution is 5.68. The molecule has 0 bridgehead atoms. The van der Waals surface area contributed by atoms with Crippen LogP contribution >= 0.6 is 0 Å². The van der Waals surface area contributed by atoms with Gasteiger partial charge in [-0.05, 0) is 33.6 Å². The predicted octanol–water partition coefficient (Wildman–Crippen LogP) is 3.90. The molecule has 0 aliphatic carbocycles. The molecule has 1 aliphatic rings. The lowest BCUT2D eigenvalue weighted by Crippen LogP contribution is -2.52. The second kappa shape index (κ2) is 8.62. The number of rotatable bonds is 6. The normalized spacial score (nSPS) is 18.6. The Labute approximate surface area is 130 Å². The lowest BCUT2D eigenvalue weighted by molar-refractivity contribution is 0.00952. The third-order valence-corrected chi connectivity index (χ3v) is 4.09. The number of ether oxygens (including phenoxy) is 1. The maximum Gasteiger partial charge on any atom is 0.410 e. The Morgan fingerprint density at radius 2 is 1.71 bits per heavy atom. The third kappa shape index (κ3) is 6.68. The number of hydrogen-bond donors (Lipinski definition) is 0. The fourth-order valence-corrected chi connectivity index (χ4v) is 2.87. The Morgan fingerprint density at radius 1 is 1.10 bits per heavy atom. The first-order chi connectivity index (χ1) is 9.87. The van der Waals surface area contributed by atoms with Crippen molar-refractivity contribution in [1.82, 2.24) is 9.80 Å². The highest BCUT2D eigenvalue weighted by Gasteiger charge is 2.27. The summed E-state index contributed by atoms with van der Waals surface area (Å²) in [6, 6.07) is 0.678. The largest absolute Gasteiger partial charge is 0.444 e. The summed E-state index contributed by atoms with van der Waals surface area (Å²) in [5.41, 5.74) is -0.402. The number of nitrogens with zero attached hydrogens (tertiary/aromatic N) is 2. The molecule has 1 atom stereocenters. The number of piperazine rings is 1. The molecule has 124 valence electrons. The van der Waals surface area contributed by atoms with Gasteiger partial charge in [-0.3, -0.25) is 4.90 Å². The molecule has 1 rings (SSSR count). The molecule has 0 aromatic carbocycles. The summed E-state index contributed by atoms with van der Waals surface area (Å²) >= 11 is 0. The first kappa shape index (κ1) is 18.3. The zero-order valence-corrected chi connectivity index (χ0v) is 14.7. The molecular weight excluding hydrogens is 264 g/mol. The maximum absolute atomic E-state index is 12.1. The molecule has 1 aliphatic heterocycles. The van der Waals surface area contributed by atoms with Gasteiger partial charge in [0.25, 0.3) is 0 Å². The van der Waals surface area contributed by atoms with Crippen LogP contribution in [0.2, 0.25) is 0 Å². The molecule has 1 heterocycles. The minimum Gasteiger partial charge on any atom is -0.444 e. The second-order valence-corrected chi connectivity index (χ2v) is 7.06. The third-order valence-electron chi connectivity index (χ3n) is 4.09. The van der Waals surface area contributed by atoms with E-state index in [2.05, 4.69) is 18.7 Å². The van der Waals surface area contributed by atoms with Crippen LogP contribution in [0.1, 0.15) is 66.7 Å². The van der Waals surface area contributed by atoms with Crippen molar-refractivity contribution in [2.24, 2.45) is 0 Å². The standard InChI is InChI=1S/C17H34N2O2/c1-6-8-9-10-15(7-2)18-11-13-19(14-12-18)16(20)21-17(3,4)5/h15H,6-14H2,1-5H3. The molecule has 0 aromatic heterocycles. The van der Waals surface area contributed by atoms with E-state index in [0.29, 0.717) is 6.04 Å². The van der Waals surface area contributed by atoms with E-state index in [1.165, 1.54) is 32.1 Å². The van der Waals surface area contributed by atoms with Crippen molar-refractivity contribution in [3.05, 3.63) is 0 Å². The van der Waals surface area contributed by atoms with Crippen LogP contribution < -0.4 is 0 Å². The molecule has 0 spiro atoms. The molecule has 4 heteroatoms. The fourth-order valence-electron chi connectivity index (χ4n) is 2.87. The number of carbonyl (C=O) groups excluding carboxylic acids is 1. The summed E-state index contributed by atoms with van der Waals surface area (Å²) in [4.78, 5) is 16.5. The van der Waals surface area contributed by atoms with Crippen LogP contribution in [0, 0.1) is 0 Å². The molecule has 0 N–H and O–H groups in total. The van der Waals surface area contributed by atoms with E-state index in [0.717, 1.165) is 26.2 Å². The minimum absolute atomic E-state index is 0.166. The first-order valence-electron chi connectivity index (χ1n) is 8.59. The predicted molar refractivity (Wildman–Crippen MR) is 87.6 cm³/mol. The van der Waals surface area contributed by atoms with E-state index in [4.69, 9.17) is 4.74 Å². The van der Waals surface area contributed by atoms with Gasteiger partial charge in [-0.15, -0.1) is 0 Å². The average molecular weight is 298 g/mol. The maximum atomic E-state index is 12.1. The van der Waals surface area contributed by atoms with E-state index in [1.807, 2.05) is 25.7 Å². The molecule has 1 fully saturated rings.